The molecule has 1 aliphatic rings. The topological polar surface area (TPSA) is 67.8 Å². The van der Waals surface area contributed by atoms with E-state index < -0.39 is 12.0 Å². The maximum Gasteiger partial charge on any atom is 0.320 e. The van der Waals surface area contributed by atoms with Gasteiger partial charge in [-0.25, -0.2) is 0 Å². The van der Waals surface area contributed by atoms with E-state index in [9.17, 15) is 4.79 Å². The first kappa shape index (κ1) is 11.7. The number of rotatable bonds is 4. The fraction of sp³-hybridized carbons (Fsp3) is 0.417. The predicted octanol–water partition coefficient (Wildman–Crippen LogP) is 1.54. The molecule has 0 fully saturated rings. The van der Waals surface area contributed by atoms with Crippen LogP contribution in [0.2, 0.25) is 0 Å². The summed E-state index contributed by atoms with van der Waals surface area (Å²) in [5.41, 5.74) is 0.974. The number of ether oxygens (including phenoxy) is 2. The Labute approximate surface area is 99.3 Å². The third kappa shape index (κ3) is 2.50. The van der Waals surface area contributed by atoms with Crippen LogP contribution in [0.3, 0.4) is 0 Å². The molecule has 0 saturated heterocycles. The van der Waals surface area contributed by atoms with Gasteiger partial charge >= 0.3 is 5.97 Å². The van der Waals surface area contributed by atoms with E-state index in [1.165, 1.54) is 0 Å². The van der Waals surface area contributed by atoms with Crippen molar-refractivity contribution in [2.45, 2.75) is 25.9 Å². The van der Waals surface area contributed by atoms with Gasteiger partial charge in [-0.15, -0.1) is 0 Å². The van der Waals surface area contributed by atoms with Crippen molar-refractivity contribution in [3.63, 3.8) is 0 Å². The normalized spacial score (nSPS) is 16.6. The molecule has 5 nitrogen and oxygen atoms in total. The van der Waals surface area contributed by atoms with Crippen LogP contribution < -0.4 is 14.8 Å². The van der Waals surface area contributed by atoms with E-state index in [1.54, 1.807) is 6.92 Å². The molecular formula is C12H15NO4. The van der Waals surface area contributed by atoms with Crippen LogP contribution in [0.5, 0.6) is 11.5 Å². The van der Waals surface area contributed by atoms with E-state index in [0.29, 0.717) is 5.75 Å². The van der Waals surface area contributed by atoms with E-state index in [2.05, 4.69) is 5.32 Å². The van der Waals surface area contributed by atoms with Crippen molar-refractivity contribution in [1.29, 1.82) is 0 Å². The second kappa shape index (κ2) is 4.63. The zero-order chi connectivity index (χ0) is 12.4. The molecule has 0 amide bonds. The Bertz CT molecular complexity index is 433. The molecule has 17 heavy (non-hydrogen) atoms. The van der Waals surface area contributed by atoms with Crippen LogP contribution in [-0.2, 0) is 4.79 Å². The maximum atomic E-state index is 10.7. The average molecular weight is 237 g/mol. The molecule has 1 aliphatic heterocycles. The van der Waals surface area contributed by atoms with Crippen LogP contribution in [0.1, 0.15) is 25.5 Å². The van der Waals surface area contributed by atoms with Gasteiger partial charge in [0.05, 0.1) is 0 Å². The summed E-state index contributed by atoms with van der Waals surface area (Å²) in [5.74, 6) is 0.573. The smallest absolute Gasteiger partial charge is 0.320 e. The van der Waals surface area contributed by atoms with Crippen LogP contribution in [0, 0.1) is 0 Å². The first-order valence-corrected chi connectivity index (χ1v) is 5.46. The number of aliphatic carboxylic acids is 1. The van der Waals surface area contributed by atoms with Crippen molar-refractivity contribution >= 4 is 5.97 Å². The fourth-order valence-electron chi connectivity index (χ4n) is 1.72. The maximum absolute atomic E-state index is 10.7. The minimum absolute atomic E-state index is 0.0596. The first-order valence-electron chi connectivity index (χ1n) is 5.46. The van der Waals surface area contributed by atoms with E-state index >= 15 is 0 Å². The Morgan fingerprint density at radius 3 is 2.76 bits per heavy atom. The highest BCUT2D eigenvalue weighted by Gasteiger charge is 2.18. The Kier molecular flexibility index (Phi) is 3.19. The third-order valence-electron chi connectivity index (χ3n) is 2.77. The van der Waals surface area contributed by atoms with Gasteiger partial charge in [-0.2, -0.15) is 0 Å². The summed E-state index contributed by atoms with van der Waals surface area (Å²) in [6.07, 6.45) is 0. The summed E-state index contributed by atoms with van der Waals surface area (Å²) < 4.78 is 10.5. The Balaban J connectivity index is 2.09. The molecule has 0 aliphatic carbocycles. The Morgan fingerprint density at radius 1 is 1.35 bits per heavy atom. The lowest BCUT2D eigenvalue weighted by atomic mass is 10.1. The van der Waals surface area contributed by atoms with Crippen molar-refractivity contribution in [2.75, 3.05) is 6.79 Å². The summed E-state index contributed by atoms with van der Waals surface area (Å²) in [6, 6.07) is 4.96. The summed E-state index contributed by atoms with van der Waals surface area (Å²) in [7, 11) is 0. The number of hydrogen-bond acceptors (Lipinski definition) is 4. The number of hydrogen-bond donors (Lipinski definition) is 2. The Hall–Kier alpha value is -1.75. The van der Waals surface area contributed by atoms with E-state index in [1.807, 2.05) is 25.1 Å². The van der Waals surface area contributed by atoms with E-state index in [4.69, 9.17) is 14.6 Å². The van der Waals surface area contributed by atoms with E-state index in [-0.39, 0.29) is 12.8 Å². The molecule has 0 unspecified atom stereocenters. The van der Waals surface area contributed by atoms with Crippen LogP contribution in [0.4, 0.5) is 0 Å². The number of carbonyl (C=O) groups is 1. The lowest BCUT2D eigenvalue weighted by Gasteiger charge is -2.17. The van der Waals surface area contributed by atoms with Gasteiger partial charge in [0, 0.05) is 6.04 Å². The van der Waals surface area contributed by atoms with Crippen molar-refractivity contribution in [1.82, 2.24) is 5.32 Å². The summed E-state index contributed by atoms with van der Waals surface area (Å²) in [5, 5.41) is 11.8. The second-order valence-corrected chi connectivity index (χ2v) is 4.06. The summed E-state index contributed by atoms with van der Waals surface area (Å²) in [4.78, 5) is 10.7. The minimum Gasteiger partial charge on any atom is -0.480 e. The van der Waals surface area contributed by atoms with Crippen LogP contribution >= 0.6 is 0 Å². The average Bonchev–Trinajstić information content (AvgIpc) is 2.75. The summed E-state index contributed by atoms with van der Waals surface area (Å²) in [6.45, 7) is 3.77. The number of carboxylic acid groups (broad SMARTS) is 1. The van der Waals surface area contributed by atoms with Gasteiger partial charge in [0.15, 0.2) is 11.5 Å². The van der Waals surface area contributed by atoms with Crippen LogP contribution in [-0.4, -0.2) is 23.9 Å². The SMILES string of the molecule is C[C@H](N[C@H](C)c1ccc2c(c1)OCO2)C(=O)O. The molecule has 2 atom stereocenters. The van der Waals surface area contributed by atoms with Crippen LogP contribution in [0.15, 0.2) is 18.2 Å². The highest BCUT2D eigenvalue weighted by atomic mass is 16.7. The lowest BCUT2D eigenvalue weighted by molar-refractivity contribution is -0.139. The zero-order valence-corrected chi connectivity index (χ0v) is 9.77. The van der Waals surface area contributed by atoms with Crippen molar-refractivity contribution < 1.29 is 19.4 Å². The quantitative estimate of drug-likeness (QED) is 0.831. The largest absolute Gasteiger partial charge is 0.480 e. The van der Waals surface area contributed by atoms with Gasteiger partial charge < -0.3 is 14.6 Å². The molecule has 0 bridgehead atoms. The predicted molar refractivity (Wildman–Crippen MR) is 61.2 cm³/mol. The molecule has 92 valence electrons. The first-order chi connectivity index (χ1) is 8.08. The second-order valence-electron chi connectivity index (χ2n) is 4.06. The molecule has 5 heteroatoms. The minimum atomic E-state index is -0.863. The molecular weight excluding hydrogens is 222 g/mol. The van der Waals surface area contributed by atoms with Crippen molar-refractivity contribution in [3.8, 4) is 11.5 Å². The third-order valence-corrected chi connectivity index (χ3v) is 2.77. The zero-order valence-electron chi connectivity index (χ0n) is 9.77. The molecule has 1 aromatic rings. The van der Waals surface area contributed by atoms with E-state index in [0.717, 1.165) is 11.3 Å². The van der Waals surface area contributed by atoms with Gasteiger partial charge in [-0.05, 0) is 31.5 Å². The monoisotopic (exact) mass is 237 g/mol. The van der Waals surface area contributed by atoms with Gasteiger partial charge in [-0.3, -0.25) is 10.1 Å². The molecule has 2 rings (SSSR count). The van der Waals surface area contributed by atoms with Gasteiger partial charge in [0.1, 0.15) is 6.04 Å². The van der Waals surface area contributed by atoms with Gasteiger partial charge in [-0.1, -0.05) is 6.07 Å². The van der Waals surface area contributed by atoms with Crippen LogP contribution in [0.25, 0.3) is 0 Å². The molecule has 0 radical (unpaired) electrons. The van der Waals surface area contributed by atoms with Crippen molar-refractivity contribution in [3.05, 3.63) is 23.8 Å². The number of nitrogens with one attached hydrogen (secondary N) is 1. The molecule has 0 spiro atoms. The molecule has 1 aromatic carbocycles. The van der Waals surface area contributed by atoms with Gasteiger partial charge in [0.25, 0.3) is 0 Å². The molecule has 2 N–H and O–H groups in total. The molecule has 1 heterocycles. The fourth-order valence-corrected chi connectivity index (χ4v) is 1.72. The molecule has 0 aromatic heterocycles. The summed E-state index contributed by atoms with van der Waals surface area (Å²) >= 11 is 0. The standard InChI is InChI=1S/C12H15NO4/c1-7(13-8(2)12(14)15)9-3-4-10-11(5-9)17-6-16-10/h3-5,7-8,13H,6H2,1-2H3,(H,14,15)/t7-,8+/m1/s1. The Morgan fingerprint density at radius 2 is 2.06 bits per heavy atom. The number of fused-ring (bicyclic) bond motifs is 1. The lowest BCUT2D eigenvalue weighted by Crippen LogP contribution is -2.35. The highest BCUT2D eigenvalue weighted by molar-refractivity contribution is 5.72. The number of benzene rings is 1. The van der Waals surface area contributed by atoms with Crippen molar-refractivity contribution in [2.24, 2.45) is 0 Å². The molecule has 0 saturated carbocycles. The van der Waals surface area contributed by atoms with Gasteiger partial charge in [0.2, 0.25) is 6.79 Å². The number of carboxylic acids is 1. The highest BCUT2D eigenvalue weighted by Crippen LogP contribution is 2.34.